The molecule has 3 aromatic heterocycles. The first kappa shape index (κ1) is 35.9. The van der Waals surface area contributed by atoms with Crippen molar-refractivity contribution in [3.05, 3.63) is 114 Å². The molecule has 0 fully saturated rings. The molecule has 3 heterocycles. The monoisotopic (exact) mass is 708 g/mol. The minimum Gasteiger partial charge on any atom is -0.453 e. The van der Waals surface area contributed by atoms with Crippen LogP contribution in [0.15, 0.2) is 62.2 Å². The molecule has 0 aliphatic carbocycles. The highest BCUT2D eigenvalue weighted by atomic mass is 17.0. The quantitative estimate of drug-likeness (QED) is 0.0797. The lowest BCUT2D eigenvalue weighted by atomic mass is 9.98. The molecule has 0 bridgehead atoms. The summed E-state index contributed by atoms with van der Waals surface area (Å²) < 4.78 is 17.1. The third-order valence-corrected chi connectivity index (χ3v) is 7.48. The molecule has 20 heteroatoms. The number of esters is 1. The topological polar surface area (TPSA) is 267 Å². The summed E-state index contributed by atoms with van der Waals surface area (Å²) in [5.74, 6) is -1.86. The summed E-state index contributed by atoms with van der Waals surface area (Å²) in [4.78, 5) is 60.5. The Labute approximate surface area is 287 Å². The van der Waals surface area contributed by atoms with E-state index in [9.17, 15) is 34.9 Å². The number of carbonyl (C=O) groups excluding carboxylic acids is 1. The number of hydrogen-bond donors (Lipinski definition) is 2. The number of carbonyl (C=O) groups is 1. The molecule has 0 unspecified atom stereocenters. The van der Waals surface area contributed by atoms with Crippen molar-refractivity contribution in [1.29, 1.82) is 0 Å². The Morgan fingerprint density at radius 2 is 1.76 bits per heavy atom. The summed E-state index contributed by atoms with van der Waals surface area (Å²) in [6.07, 6.45) is -1.02. The lowest BCUT2D eigenvalue weighted by molar-refractivity contribution is -0.790. The fourth-order valence-corrected chi connectivity index (χ4v) is 5.30. The van der Waals surface area contributed by atoms with Crippen LogP contribution in [0.5, 0.6) is 0 Å². The normalized spacial score (nSPS) is 12.0. The Morgan fingerprint density at radius 1 is 1.06 bits per heavy atom. The van der Waals surface area contributed by atoms with Crippen molar-refractivity contribution < 1.29 is 43.3 Å². The summed E-state index contributed by atoms with van der Waals surface area (Å²) in [7, 11) is 0. The number of nitrogens with one attached hydrogen (secondary N) is 1. The van der Waals surface area contributed by atoms with Gasteiger partial charge < -0.3 is 32.9 Å². The van der Waals surface area contributed by atoms with Gasteiger partial charge in [-0.3, -0.25) is 0 Å². The third kappa shape index (κ3) is 8.78. The van der Waals surface area contributed by atoms with E-state index in [2.05, 4.69) is 35.3 Å². The summed E-state index contributed by atoms with van der Waals surface area (Å²) in [5, 5.41) is 44.5. The Morgan fingerprint density at radius 3 is 2.39 bits per heavy atom. The van der Waals surface area contributed by atoms with Crippen molar-refractivity contribution in [3.8, 4) is 22.5 Å². The van der Waals surface area contributed by atoms with E-state index in [0.717, 1.165) is 22.3 Å². The number of benzene rings is 2. The van der Waals surface area contributed by atoms with Gasteiger partial charge in [0.2, 0.25) is 5.82 Å². The van der Waals surface area contributed by atoms with Gasteiger partial charge in [-0.1, -0.05) is 55.5 Å². The van der Waals surface area contributed by atoms with Gasteiger partial charge in [-0.2, -0.15) is 5.21 Å². The summed E-state index contributed by atoms with van der Waals surface area (Å²) >= 11 is 0. The van der Waals surface area contributed by atoms with Crippen molar-refractivity contribution in [2.75, 3.05) is 6.61 Å². The number of ether oxygens (including phenoxy) is 1. The Hall–Kier alpha value is -6.44. The standard InChI is InChI=1S/C31H32N8O12/c1-4-7-25-32-27(31(2,3)42)26(29(40)47-17-24-23(49-30(41)50-24)14-20(51-39(45)46)16-48-38(43)44)37(25)15-18-10-12-19(13-11-18)21-8-5-6-9-22(21)28-33-35-36-34-28/h5-6,8-13,20,42H,4,7,14-17H2,1-3H3,(H,33,34,35,36)/t20-/m0/s1. The first-order valence-corrected chi connectivity index (χ1v) is 15.5. The molecule has 0 radical (unpaired) electrons. The van der Waals surface area contributed by atoms with Gasteiger partial charge in [0, 0.05) is 24.9 Å². The molecule has 0 saturated carbocycles. The molecule has 268 valence electrons. The van der Waals surface area contributed by atoms with Crippen LogP contribution in [0.1, 0.15) is 66.3 Å². The van der Waals surface area contributed by atoms with Crippen LogP contribution >= 0.6 is 0 Å². The summed E-state index contributed by atoms with van der Waals surface area (Å²) in [6.45, 7) is 3.48. The SMILES string of the molecule is CCCc1nc(C(C)(C)O)c(C(=O)OCc2oc(=O)oc2C[C@@H](CO[N+](=O)[O-])O[N+](=O)[O-])n1Cc1ccc(-c2ccccc2-c2nn[nH]n2)cc1. The van der Waals surface area contributed by atoms with Crippen LogP contribution in [0.4, 0.5) is 0 Å². The van der Waals surface area contributed by atoms with E-state index in [0.29, 0.717) is 24.5 Å². The zero-order valence-electron chi connectivity index (χ0n) is 27.5. The average Bonchev–Trinajstić information content (AvgIpc) is 3.82. The van der Waals surface area contributed by atoms with Crippen LogP contribution in [0.25, 0.3) is 22.5 Å². The smallest absolute Gasteiger partial charge is 0.453 e. The van der Waals surface area contributed by atoms with E-state index in [1.807, 2.05) is 55.5 Å². The maximum atomic E-state index is 13.8. The van der Waals surface area contributed by atoms with E-state index < -0.39 is 53.3 Å². The molecule has 0 amide bonds. The lowest BCUT2D eigenvalue weighted by Gasteiger charge is -2.18. The van der Waals surface area contributed by atoms with Gasteiger partial charge in [-0.05, 0) is 42.2 Å². The number of H-pyrrole nitrogens is 1. The molecule has 2 N–H and O–H groups in total. The number of tetrazole rings is 1. The third-order valence-electron chi connectivity index (χ3n) is 7.48. The van der Waals surface area contributed by atoms with Gasteiger partial charge in [0.15, 0.2) is 23.8 Å². The molecule has 2 aromatic carbocycles. The molecule has 0 spiro atoms. The minimum atomic E-state index is -1.58. The second-order valence-corrected chi connectivity index (χ2v) is 11.6. The van der Waals surface area contributed by atoms with Crippen molar-refractivity contribution in [1.82, 2.24) is 30.2 Å². The largest absolute Gasteiger partial charge is 0.519 e. The van der Waals surface area contributed by atoms with E-state index in [4.69, 9.17) is 13.6 Å². The zero-order valence-corrected chi connectivity index (χ0v) is 27.5. The van der Waals surface area contributed by atoms with Crippen molar-refractivity contribution >= 4 is 5.97 Å². The van der Waals surface area contributed by atoms with Crippen LogP contribution in [0.2, 0.25) is 0 Å². The van der Waals surface area contributed by atoms with Crippen LogP contribution in [0.3, 0.4) is 0 Å². The first-order valence-electron chi connectivity index (χ1n) is 15.5. The van der Waals surface area contributed by atoms with Gasteiger partial charge >= 0.3 is 11.8 Å². The molecule has 20 nitrogen and oxygen atoms in total. The van der Waals surface area contributed by atoms with Crippen molar-refractivity contribution in [2.45, 2.75) is 64.9 Å². The van der Waals surface area contributed by atoms with Gasteiger partial charge in [0.1, 0.15) is 29.8 Å². The predicted octanol–water partition coefficient (Wildman–Crippen LogP) is 3.19. The van der Waals surface area contributed by atoms with Gasteiger partial charge in [-0.25, -0.2) is 14.6 Å². The number of nitrogens with zero attached hydrogens (tertiary/aromatic N) is 7. The number of aryl methyl sites for hydroxylation is 1. The highest BCUT2D eigenvalue weighted by Crippen LogP contribution is 2.31. The second kappa shape index (κ2) is 15.4. The lowest BCUT2D eigenvalue weighted by Crippen LogP contribution is -2.27. The number of hydrogen-bond acceptors (Lipinski definition) is 16. The fraction of sp³-hybridized carbons (Fsp3) is 0.355. The Bertz CT molecular complexity index is 2050. The van der Waals surface area contributed by atoms with Crippen LogP contribution in [0, 0.1) is 20.2 Å². The maximum Gasteiger partial charge on any atom is 0.519 e. The minimum absolute atomic E-state index is 0.0480. The molecule has 0 aliphatic rings. The van der Waals surface area contributed by atoms with E-state index in [-0.39, 0.29) is 29.5 Å². The van der Waals surface area contributed by atoms with Crippen LogP contribution in [-0.4, -0.2) is 64.1 Å². The van der Waals surface area contributed by atoms with Gasteiger partial charge in [0.05, 0.1) is 0 Å². The average molecular weight is 709 g/mol. The summed E-state index contributed by atoms with van der Waals surface area (Å²) in [5.41, 5.74) is 1.73. The first-order chi connectivity index (χ1) is 24.3. The van der Waals surface area contributed by atoms with Gasteiger partial charge in [-0.15, -0.1) is 30.4 Å². The van der Waals surface area contributed by atoms with E-state index in [1.165, 1.54) is 13.8 Å². The Kier molecular flexibility index (Phi) is 10.8. The van der Waals surface area contributed by atoms with Crippen molar-refractivity contribution in [2.24, 2.45) is 0 Å². The molecular formula is C31H32N8O12. The number of aromatic amines is 1. The molecule has 0 aliphatic heterocycles. The second-order valence-electron chi connectivity index (χ2n) is 11.6. The number of imidazole rings is 1. The molecule has 1 atom stereocenters. The molecule has 0 saturated heterocycles. The summed E-state index contributed by atoms with van der Waals surface area (Å²) in [6, 6.07) is 15.2. The highest BCUT2D eigenvalue weighted by molar-refractivity contribution is 5.89. The molecule has 5 aromatic rings. The maximum absolute atomic E-state index is 13.8. The molecular weight excluding hydrogens is 676 g/mol. The number of aromatic nitrogens is 6. The predicted molar refractivity (Wildman–Crippen MR) is 170 cm³/mol. The Balaban J connectivity index is 1.42. The molecule has 5 rings (SSSR count). The molecule has 51 heavy (non-hydrogen) atoms. The van der Waals surface area contributed by atoms with E-state index >= 15 is 0 Å². The number of rotatable bonds is 17. The van der Waals surface area contributed by atoms with Crippen molar-refractivity contribution in [3.63, 3.8) is 0 Å². The van der Waals surface area contributed by atoms with E-state index in [1.54, 1.807) is 4.57 Å². The van der Waals surface area contributed by atoms with Crippen LogP contribution in [-0.2, 0) is 46.0 Å². The highest BCUT2D eigenvalue weighted by Gasteiger charge is 2.33. The van der Waals surface area contributed by atoms with Crippen LogP contribution < -0.4 is 5.82 Å². The van der Waals surface area contributed by atoms with Gasteiger partial charge in [0.25, 0.3) is 10.2 Å². The number of aliphatic hydroxyl groups is 1. The zero-order chi connectivity index (χ0) is 36.7. The fourth-order valence-electron chi connectivity index (χ4n) is 5.30.